The maximum atomic E-state index is 13.6. The topological polar surface area (TPSA) is 77.1 Å². The Hall–Kier alpha value is -4.26. The van der Waals surface area contributed by atoms with Crippen molar-refractivity contribution in [2.75, 3.05) is 23.6 Å². The van der Waals surface area contributed by atoms with Crippen LogP contribution < -0.4 is 24.4 Å². The lowest BCUT2D eigenvalue weighted by Gasteiger charge is -2.16. The molecule has 0 bridgehead atoms. The number of carbonyl (C=O) groups excluding carboxylic acids is 2. The van der Waals surface area contributed by atoms with Gasteiger partial charge in [-0.25, -0.2) is 4.90 Å². The number of amides is 2. The number of carbonyl (C=O) groups is 2. The van der Waals surface area contributed by atoms with Crippen LogP contribution in [0.25, 0.3) is 5.57 Å². The predicted molar refractivity (Wildman–Crippen MR) is 129 cm³/mol. The Morgan fingerprint density at radius 1 is 0.941 bits per heavy atom. The Bertz CT molecular complexity index is 1300. The molecule has 0 unspecified atom stereocenters. The average molecular weight is 456 g/mol. The number of rotatable bonds is 7. The molecule has 0 radical (unpaired) electrons. The highest BCUT2D eigenvalue weighted by Crippen LogP contribution is 2.38. The summed E-state index contributed by atoms with van der Waals surface area (Å²) in [6.45, 7) is 4.69. The molecule has 0 fully saturated rings. The Balaban J connectivity index is 1.54. The van der Waals surface area contributed by atoms with Crippen LogP contribution in [0.3, 0.4) is 0 Å². The van der Waals surface area contributed by atoms with Gasteiger partial charge >= 0.3 is 0 Å². The molecule has 7 heteroatoms. The first-order valence-electron chi connectivity index (χ1n) is 11.1. The first-order valence-corrected chi connectivity index (χ1v) is 11.1. The summed E-state index contributed by atoms with van der Waals surface area (Å²) in [7, 11) is 0. The van der Waals surface area contributed by atoms with E-state index in [4.69, 9.17) is 14.2 Å². The van der Waals surface area contributed by atoms with Crippen LogP contribution in [0.4, 0.5) is 11.4 Å². The lowest BCUT2D eigenvalue weighted by atomic mass is 10.0. The molecule has 0 spiro atoms. The van der Waals surface area contributed by atoms with Gasteiger partial charge in [-0.1, -0.05) is 42.8 Å². The molecular formula is C27H24N2O5. The molecule has 2 aliphatic rings. The molecule has 1 N–H and O–H groups in total. The molecule has 2 amide bonds. The summed E-state index contributed by atoms with van der Waals surface area (Å²) < 4.78 is 16.5. The number of nitrogens with zero attached hydrogens (tertiary/aromatic N) is 1. The zero-order valence-electron chi connectivity index (χ0n) is 19.0. The molecule has 0 aromatic heterocycles. The van der Waals surface area contributed by atoms with Crippen molar-refractivity contribution in [2.24, 2.45) is 0 Å². The van der Waals surface area contributed by atoms with Crippen LogP contribution in [-0.4, -0.2) is 25.2 Å². The molecule has 0 saturated carbocycles. The van der Waals surface area contributed by atoms with Crippen LogP contribution in [-0.2, 0) is 9.59 Å². The third kappa shape index (κ3) is 3.96. The van der Waals surface area contributed by atoms with Crippen LogP contribution in [0, 0.1) is 6.92 Å². The summed E-state index contributed by atoms with van der Waals surface area (Å²) in [5.74, 6) is 0.985. The van der Waals surface area contributed by atoms with Gasteiger partial charge in [-0.2, -0.15) is 0 Å². The third-order valence-electron chi connectivity index (χ3n) is 5.61. The molecule has 0 aliphatic carbocycles. The highest BCUT2D eigenvalue weighted by atomic mass is 16.7. The Kier molecular flexibility index (Phi) is 5.67. The molecule has 3 aromatic carbocycles. The van der Waals surface area contributed by atoms with Gasteiger partial charge in [0, 0.05) is 17.8 Å². The molecule has 3 aromatic rings. The van der Waals surface area contributed by atoms with Crippen molar-refractivity contribution in [1.29, 1.82) is 0 Å². The van der Waals surface area contributed by atoms with Crippen LogP contribution in [0.15, 0.2) is 72.4 Å². The summed E-state index contributed by atoms with van der Waals surface area (Å²) in [4.78, 5) is 28.4. The second kappa shape index (κ2) is 8.94. The summed E-state index contributed by atoms with van der Waals surface area (Å²) in [5, 5.41) is 3.16. The van der Waals surface area contributed by atoms with E-state index in [1.807, 2.05) is 44.2 Å². The molecule has 34 heavy (non-hydrogen) atoms. The van der Waals surface area contributed by atoms with Crippen molar-refractivity contribution in [3.05, 3.63) is 83.6 Å². The standard InChI is InChI=1S/C27H24N2O5/c1-3-13-32-21-6-4-5-20(15-21)29-26(30)24(18-9-7-17(2)8-10-18)25(27(29)31)28-19-11-12-22-23(14-19)34-16-33-22/h4-12,14-15,28H,3,13,16H2,1-2H3. The van der Waals surface area contributed by atoms with Crippen LogP contribution in [0.2, 0.25) is 0 Å². The van der Waals surface area contributed by atoms with E-state index >= 15 is 0 Å². The van der Waals surface area contributed by atoms with Gasteiger partial charge in [-0.05, 0) is 43.2 Å². The fourth-order valence-electron chi connectivity index (χ4n) is 3.92. The fourth-order valence-corrected chi connectivity index (χ4v) is 3.92. The van der Waals surface area contributed by atoms with Gasteiger partial charge in [-0.3, -0.25) is 9.59 Å². The molecule has 0 atom stereocenters. The zero-order valence-corrected chi connectivity index (χ0v) is 19.0. The van der Waals surface area contributed by atoms with Gasteiger partial charge in [0.2, 0.25) is 6.79 Å². The summed E-state index contributed by atoms with van der Waals surface area (Å²) in [6.07, 6.45) is 0.856. The van der Waals surface area contributed by atoms with E-state index in [-0.39, 0.29) is 12.5 Å². The molecular weight excluding hydrogens is 432 g/mol. The molecule has 5 rings (SSSR count). The maximum Gasteiger partial charge on any atom is 0.282 e. The summed E-state index contributed by atoms with van der Waals surface area (Å²) >= 11 is 0. The first kappa shape index (κ1) is 21.6. The summed E-state index contributed by atoms with van der Waals surface area (Å²) in [5.41, 5.74) is 3.30. The number of hydrogen-bond acceptors (Lipinski definition) is 6. The first-order chi connectivity index (χ1) is 16.5. The van der Waals surface area contributed by atoms with E-state index < -0.39 is 11.8 Å². The van der Waals surface area contributed by atoms with Crippen molar-refractivity contribution in [2.45, 2.75) is 20.3 Å². The molecule has 0 saturated heterocycles. The van der Waals surface area contributed by atoms with Crippen molar-refractivity contribution in [3.63, 3.8) is 0 Å². The highest BCUT2D eigenvalue weighted by molar-refractivity contribution is 6.46. The van der Waals surface area contributed by atoms with E-state index in [0.717, 1.165) is 12.0 Å². The number of ether oxygens (including phenoxy) is 3. The molecule has 172 valence electrons. The second-order valence-corrected chi connectivity index (χ2v) is 8.10. The monoisotopic (exact) mass is 456 g/mol. The Morgan fingerprint density at radius 3 is 2.53 bits per heavy atom. The van der Waals surface area contributed by atoms with E-state index in [1.165, 1.54) is 4.90 Å². The van der Waals surface area contributed by atoms with Crippen molar-refractivity contribution in [3.8, 4) is 17.2 Å². The summed E-state index contributed by atoms with van der Waals surface area (Å²) in [6, 6.07) is 19.9. The minimum atomic E-state index is -0.439. The second-order valence-electron chi connectivity index (χ2n) is 8.10. The van der Waals surface area contributed by atoms with Gasteiger partial charge in [-0.15, -0.1) is 0 Å². The van der Waals surface area contributed by atoms with E-state index in [0.29, 0.717) is 46.4 Å². The van der Waals surface area contributed by atoms with Crippen LogP contribution in [0.5, 0.6) is 17.2 Å². The zero-order chi connectivity index (χ0) is 23.7. The number of anilines is 2. The minimum absolute atomic E-state index is 0.151. The van der Waals surface area contributed by atoms with E-state index in [2.05, 4.69) is 5.32 Å². The lowest BCUT2D eigenvalue weighted by molar-refractivity contribution is -0.120. The van der Waals surface area contributed by atoms with E-state index in [9.17, 15) is 9.59 Å². The Labute approximate surface area is 197 Å². The number of aryl methyl sites for hydroxylation is 1. The quantitative estimate of drug-likeness (QED) is 0.509. The van der Waals surface area contributed by atoms with Gasteiger partial charge in [0.25, 0.3) is 11.8 Å². The maximum absolute atomic E-state index is 13.6. The van der Waals surface area contributed by atoms with Gasteiger partial charge in [0.1, 0.15) is 11.4 Å². The van der Waals surface area contributed by atoms with Gasteiger partial charge in [0.15, 0.2) is 11.5 Å². The van der Waals surface area contributed by atoms with Crippen molar-refractivity contribution < 1.29 is 23.8 Å². The molecule has 2 aliphatic heterocycles. The van der Waals surface area contributed by atoms with E-state index in [1.54, 1.807) is 36.4 Å². The fraction of sp³-hybridized carbons (Fsp3) is 0.185. The average Bonchev–Trinajstić information content (AvgIpc) is 3.40. The number of imide groups is 1. The molecule has 2 heterocycles. The van der Waals surface area contributed by atoms with Gasteiger partial charge in [0.05, 0.1) is 17.9 Å². The van der Waals surface area contributed by atoms with Crippen molar-refractivity contribution >= 4 is 28.8 Å². The van der Waals surface area contributed by atoms with Crippen molar-refractivity contribution in [1.82, 2.24) is 0 Å². The van der Waals surface area contributed by atoms with Crippen LogP contribution in [0.1, 0.15) is 24.5 Å². The van der Waals surface area contributed by atoms with Gasteiger partial charge < -0.3 is 19.5 Å². The van der Waals surface area contributed by atoms with Crippen LogP contribution >= 0.6 is 0 Å². The largest absolute Gasteiger partial charge is 0.494 e. The molecule has 7 nitrogen and oxygen atoms in total. The SMILES string of the molecule is CCCOc1cccc(N2C(=O)C(Nc3ccc4c(c3)OCO4)=C(c3ccc(C)cc3)C2=O)c1. The number of hydrogen-bond donors (Lipinski definition) is 1. The third-order valence-corrected chi connectivity index (χ3v) is 5.61. The normalized spacial score (nSPS) is 14.7. The smallest absolute Gasteiger partial charge is 0.282 e. The predicted octanol–water partition coefficient (Wildman–Crippen LogP) is 4.91. The lowest BCUT2D eigenvalue weighted by Crippen LogP contribution is -2.32. The number of benzene rings is 3. The highest BCUT2D eigenvalue weighted by Gasteiger charge is 2.40. The number of nitrogens with one attached hydrogen (secondary N) is 1. The number of fused-ring (bicyclic) bond motifs is 1. The minimum Gasteiger partial charge on any atom is -0.494 e. The Morgan fingerprint density at radius 2 is 1.74 bits per heavy atom.